The molecule has 1 aliphatic rings. The third kappa shape index (κ3) is 3.10. The molecule has 0 aromatic carbocycles. The fourth-order valence-electron chi connectivity index (χ4n) is 1.76. The van der Waals surface area contributed by atoms with E-state index in [0.29, 0.717) is 32.7 Å². The molecule has 1 heterocycles. The van der Waals surface area contributed by atoms with Crippen LogP contribution < -0.4 is 5.73 Å². The van der Waals surface area contributed by atoms with Crippen molar-refractivity contribution in [3.05, 3.63) is 0 Å². The van der Waals surface area contributed by atoms with Crippen LogP contribution in [0.1, 0.15) is 19.8 Å². The Morgan fingerprint density at radius 1 is 1.56 bits per heavy atom. The lowest BCUT2D eigenvalue weighted by atomic mass is 10.0. The Balaban J connectivity index is 2.65. The van der Waals surface area contributed by atoms with E-state index in [9.17, 15) is 4.79 Å². The SMILES string of the molecule is CCCC(C(=O)N1CCOCC1)C(N)=NO. The highest BCUT2D eigenvalue weighted by molar-refractivity contribution is 6.02. The van der Waals surface area contributed by atoms with Gasteiger partial charge in [-0.25, -0.2) is 0 Å². The zero-order chi connectivity index (χ0) is 12.0. The summed E-state index contributed by atoms with van der Waals surface area (Å²) >= 11 is 0. The van der Waals surface area contributed by atoms with Crippen molar-refractivity contribution in [3.8, 4) is 0 Å². The molecule has 16 heavy (non-hydrogen) atoms. The quantitative estimate of drug-likeness (QED) is 0.307. The van der Waals surface area contributed by atoms with E-state index in [0.717, 1.165) is 6.42 Å². The van der Waals surface area contributed by atoms with Crippen molar-refractivity contribution < 1.29 is 14.7 Å². The topological polar surface area (TPSA) is 88.2 Å². The fourth-order valence-corrected chi connectivity index (χ4v) is 1.76. The Kier molecular flexibility index (Phi) is 5.04. The van der Waals surface area contributed by atoms with Gasteiger partial charge in [0, 0.05) is 13.1 Å². The number of morpholine rings is 1. The van der Waals surface area contributed by atoms with Gasteiger partial charge >= 0.3 is 0 Å². The smallest absolute Gasteiger partial charge is 0.233 e. The van der Waals surface area contributed by atoms with Crippen LogP contribution in [0.4, 0.5) is 0 Å². The number of nitrogens with two attached hydrogens (primary N) is 1. The lowest BCUT2D eigenvalue weighted by Crippen LogP contribution is -2.47. The van der Waals surface area contributed by atoms with E-state index in [4.69, 9.17) is 15.7 Å². The lowest BCUT2D eigenvalue weighted by molar-refractivity contribution is -0.137. The van der Waals surface area contributed by atoms with E-state index in [1.165, 1.54) is 0 Å². The predicted octanol–water partition coefficient (Wildman–Crippen LogP) is 0.00790. The molecule has 1 saturated heterocycles. The summed E-state index contributed by atoms with van der Waals surface area (Å²) in [5.41, 5.74) is 5.53. The van der Waals surface area contributed by atoms with Crippen LogP contribution in [0, 0.1) is 5.92 Å². The van der Waals surface area contributed by atoms with Gasteiger partial charge < -0.3 is 20.6 Å². The number of ether oxygens (including phenoxy) is 1. The molecular formula is C10H19N3O3. The highest BCUT2D eigenvalue weighted by Crippen LogP contribution is 2.12. The number of amidine groups is 1. The van der Waals surface area contributed by atoms with E-state index in [2.05, 4.69) is 5.16 Å². The van der Waals surface area contributed by atoms with Crippen LogP contribution in [0.25, 0.3) is 0 Å². The third-order valence-electron chi connectivity index (χ3n) is 2.67. The Bertz CT molecular complexity index is 262. The second kappa shape index (κ2) is 6.32. The van der Waals surface area contributed by atoms with Crippen LogP contribution in [-0.2, 0) is 9.53 Å². The first-order valence-corrected chi connectivity index (χ1v) is 5.54. The van der Waals surface area contributed by atoms with Crippen LogP contribution in [0.2, 0.25) is 0 Å². The average molecular weight is 229 g/mol. The fraction of sp³-hybridized carbons (Fsp3) is 0.800. The molecule has 0 radical (unpaired) electrons. The Labute approximate surface area is 95.0 Å². The maximum absolute atomic E-state index is 12.1. The van der Waals surface area contributed by atoms with Crippen molar-refractivity contribution in [1.82, 2.24) is 4.90 Å². The molecule has 1 fully saturated rings. The molecule has 0 aromatic rings. The molecular weight excluding hydrogens is 210 g/mol. The largest absolute Gasteiger partial charge is 0.409 e. The monoisotopic (exact) mass is 229 g/mol. The van der Waals surface area contributed by atoms with E-state index < -0.39 is 5.92 Å². The predicted molar refractivity (Wildman–Crippen MR) is 59.2 cm³/mol. The molecule has 92 valence electrons. The number of hydrogen-bond donors (Lipinski definition) is 2. The van der Waals surface area contributed by atoms with Gasteiger partial charge in [-0.2, -0.15) is 0 Å². The molecule has 0 aliphatic carbocycles. The molecule has 0 spiro atoms. The summed E-state index contributed by atoms with van der Waals surface area (Å²) in [6.07, 6.45) is 1.42. The van der Waals surface area contributed by atoms with Gasteiger partial charge in [0.2, 0.25) is 5.91 Å². The Morgan fingerprint density at radius 2 is 2.19 bits per heavy atom. The number of amides is 1. The zero-order valence-electron chi connectivity index (χ0n) is 9.56. The molecule has 6 nitrogen and oxygen atoms in total. The van der Waals surface area contributed by atoms with Gasteiger partial charge in [0.25, 0.3) is 0 Å². The van der Waals surface area contributed by atoms with Gasteiger partial charge in [-0.1, -0.05) is 18.5 Å². The van der Waals surface area contributed by atoms with Crippen LogP contribution >= 0.6 is 0 Å². The van der Waals surface area contributed by atoms with E-state index in [1.807, 2.05) is 6.92 Å². The van der Waals surface area contributed by atoms with Gasteiger partial charge in [0.15, 0.2) is 5.84 Å². The zero-order valence-corrected chi connectivity index (χ0v) is 9.56. The number of nitrogens with zero attached hydrogens (tertiary/aromatic N) is 2. The normalized spacial score (nSPS) is 19.6. The molecule has 0 saturated carbocycles. The second-order valence-corrected chi connectivity index (χ2v) is 3.80. The van der Waals surface area contributed by atoms with Crippen molar-refractivity contribution in [3.63, 3.8) is 0 Å². The molecule has 3 N–H and O–H groups in total. The summed E-state index contributed by atoms with van der Waals surface area (Å²) in [5.74, 6) is -0.577. The standard InChI is InChI=1S/C10H19N3O3/c1-2-3-8(9(11)12-15)10(14)13-4-6-16-7-5-13/h8,15H,2-7H2,1H3,(H2,11,12). The maximum Gasteiger partial charge on any atom is 0.233 e. The van der Waals surface area contributed by atoms with Crippen LogP contribution in [-0.4, -0.2) is 48.2 Å². The van der Waals surface area contributed by atoms with Crippen molar-refractivity contribution in [2.24, 2.45) is 16.8 Å². The van der Waals surface area contributed by atoms with Gasteiger partial charge in [0.1, 0.15) is 0 Å². The molecule has 1 amide bonds. The lowest BCUT2D eigenvalue weighted by Gasteiger charge is -2.29. The molecule has 1 aliphatic heterocycles. The minimum absolute atomic E-state index is 0.00154. The molecule has 0 aromatic heterocycles. The molecule has 1 unspecified atom stereocenters. The summed E-state index contributed by atoms with van der Waals surface area (Å²) in [7, 11) is 0. The van der Waals surface area contributed by atoms with E-state index in [-0.39, 0.29) is 11.7 Å². The summed E-state index contributed by atoms with van der Waals surface area (Å²) in [6, 6.07) is 0. The Hall–Kier alpha value is -1.30. The third-order valence-corrected chi connectivity index (χ3v) is 2.67. The van der Waals surface area contributed by atoms with Crippen molar-refractivity contribution in [2.45, 2.75) is 19.8 Å². The summed E-state index contributed by atoms with van der Waals surface area (Å²) in [4.78, 5) is 13.8. The van der Waals surface area contributed by atoms with E-state index in [1.54, 1.807) is 4.90 Å². The number of carbonyl (C=O) groups is 1. The first-order chi connectivity index (χ1) is 7.70. The minimum Gasteiger partial charge on any atom is -0.409 e. The maximum atomic E-state index is 12.1. The summed E-state index contributed by atoms with van der Waals surface area (Å²) in [6.45, 7) is 4.24. The number of carbonyl (C=O) groups excluding carboxylic acids is 1. The first-order valence-electron chi connectivity index (χ1n) is 5.54. The van der Waals surface area contributed by atoms with Gasteiger partial charge in [-0.15, -0.1) is 0 Å². The second-order valence-electron chi connectivity index (χ2n) is 3.80. The number of rotatable bonds is 4. The van der Waals surface area contributed by atoms with Crippen LogP contribution in [0.15, 0.2) is 5.16 Å². The van der Waals surface area contributed by atoms with Crippen molar-refractivity contribution in [2.75, 3.05) is 26.3 Å². The summed E-state index contributed by atoms with van der Waals surface area (Å²) in [5, 5.41) is 11.6. The molecule has 6 heteroatoms. The van der Waals surface area contributed by atoms with Crippen LogP contribution in [0.5, 0.6) is 0 Å². The van der Waals surface area contributed by atoms with Crippen molar-refractivity contribution >= 4 is 11.7 Å². The number of oxime groups is 1. The minimum atomic E-state index is -0.506. The highest BCUT2D eigenvalue weighted by Gasteiger charge is 2.28. The molecule has 1 rings (SSSR count). The van der Waals surface area contributed by atoms with Crippen LogP contribution in [0.3, 0.4) is 0 Å². The molecule has 0 bridgehead atoms. The number of hydrogen-bond acceptors (Lipinski definition) is 4. The van der Waals surface area contributed by atoms with Gasteiger partial charge in [0.05, 0.1) is 19.1 Å². The van der Waals surface area contributed by atoms with E-state index >= 15 is 0 Å². The Morgan fingerprint density at radius 3 is 2.69 bits per heavy atom. The summed E-state index contributed by atoms with van der Waals surface area (Å²) < 4.78 is 5.17. The highest BCUT2D eigenvalue weighted by atomic mass is 16.5. The average Bonchev–Trinajstić information content (AvgIpc) is 2.35. The van der Waals surface area contributed by atoms with Crippen molar-refractivity contribution in [1.29, 1.82) is 0 Å². The molecule has 1 atom stereocenters. The van der Waals surface area contributed by atoms with Gasteiger partial charge in [-0.05, 0) is 6.42 Å². The first kappa shape index (κ1) is 12.8. The van der Waals surface area contributed by atoms with Gasteiger partial charge in [-0.3, -0.25) is 4.79 Å².